The number of amides is 3. The molecular weight excluding hydrogens is 1720 g/mol. The number of para-hydroxylation sites is 4. The number of aromatic carboxylic acids is 1. The standard InChI is InChI=1S/C24H26ClN3O4.C22H22ClN3O4.2C13H15ClO.C12H14N2O4.C8H14N2O3.ClH.Li.H2O/c1-2-31-24(30)23-22-14-9-13(14)10-18(22)28(26-23)12-21(29)27-8-7-19(15-11-17(15)27)32-20-6-4-3-5-16(20)25;23-14-3-1-2-4-18(14)30-17-5-6-25(15-9-13(15)17)19(27)10-26-16-8-11-7-12(11)20(16)21(24-26)22(28)29;2*14-11-5-1-2-6-13(11)15-12-7-3-4-9-8-10(9)12;1-2-18-12(17)11-10-7-3-6(7)4-8(10)14(13-11)5-9(15)16;1-7(11)13-6-8(12)10-4-2-9-3-5-10;;;/h3-6,13-15,17,19H,2,7-12H2,1H3;1-4,11-13,15,17H,5-10H2,(H,28,29);2*1-2,5-6,9-10,12H,3-4,7-8H2;6-7H,2-5H2,1H3,(H,15,16);9H,2-6H2,1H3;1H;;1H2/q;;;;;;;+1;/p-1/t13-,14-,15?,17?,19?;11-,12-,13?,15?,17?;;;6-,7-;;;;/m11..1..../s1. The molecule has 4 N–H and O–H groups in total. The van der Waals surface area contributed by atoms with E-state index in [1.165, 1.54) is 63.0 Å². The number of likely N-dealkylation sites (tertiary alicyclic amines) is 2. The van der Waals surface area contributed by atoms with E-state index in [-0.39, 0.29) is 117 Å². The number of carbonyl (C=O) groups excluding carboxylic acids is 6. The zero-order valence-electron chi connectivity index (χ0n) is 71.3. The fourth-order valence-corrected chi connectivity index (χ4v) is 21.2. The molecule has 9 saturated carbocycles. The number of carboxylic acids is 2. The van der Waals surface area contributed by atoms with Gasteiger partial charge in [-0.05, 0) is 224 Å². The Morgan fingerprint density at radius 3 is 1.15 bits per heavy atom. The van der Waals surface area contributed by atoms with Gasteiger partial charge in [0.05, 0.1) is 33.3 Å². The molecule has 28 nitrogen and oxygen atoms in total. The molecule has 12 aliphatic carbocycles. The zero-order chi connectivity index (χ0) is 85.6. The van der Waals surface area contributed by atoms with Crippen molar-refractivity contribution in [3.8, 4) is 23.0 Å². The van der Waals surface area contributed by atoms with Gasteiger partial charge in [0.2, 0.25) is 11.8 Å². The maximum atomic E-state index is 13.2. The van der Waals surface area contributed by atoms with Crippen molar-refractivity contribution in [3.05, 3.63) is 168 Å². The Balaban J connectivity index is 0.000000126. The molecule has 12 unspecified atom stereocenters. The van der Waals surface area contributed by atoms with Gasteiger partial charge in [-0.3, -0.25) is 38.0 Å². The van der Waals surface area contributed by atoms with Crippen LogP contribution < -0.4 is 43.1 Å². The van der Waals surface area contributed by atoms with Gasteiger partial charge in [0.25, 0.3) is 5.91 Å². The zero-order valence-corrected chi connectivity index (χ0v) is 75.1. The number of ether oxygens (including phenoxy) is 7. The molecule has 670 valence electrons. The number of benzene rings is 4. The smallest absolute Gasteiger partial charge is 0.870 e. The number of hydrogen-bond donors (Lipinski definition) is 3. The number of halogens is 5. The van der Waals surface area contributed by atoms with Crippen molar-refractivity contribution in [2.75, 3.05) is 59.1 Å². The van der Waals surface area contributed by atoms with Gasteiger partial charge >= 0.3 is 48.7 Å². The molecule has 3 aliphatic heterocycles. The van der Waals surface area contributed by atoms with Gasteiger partial charge in [0.1, 0.15) is 67.0 Å². The number of piperazine rings is 1. The van der Waals surface area contributed by atoms with Crippen LogP contribution in [-0.2, 0) is 77.1 Å². The van der Waals surface area contributed by atoms with Crippen LogP contribution in [0.3, 0.4) is 0 Å². The topological polar surface area (TPSA) is 347 Å². The van der Waals surface area contributed by atoms with E-state index in [4.69, 9.17) is 79.9 Å². The Morgan fingerprint density at radius 1 is 0.437 bits per heavy atom. The van der Waals surface area contributed by atoms with E-state index in [1.54, 1.807) is 28.1 Å². The number of rotatable bonds is 21. The molecule has 15 aliphatic rings. The Labute approximate surface area is 770 Å². The van der Waals surface area contributed by atoms with Crippen molar-refractivity contribution in [2.45, 2.75) is 210 Å². The van der Waals surface area contributed by atoms with E-state index in [2.05, 4.69) is 25.3 Å². The van der Waals surface area contributed by atoms with Crippen molar-refractivity contribution >= 4 is 106 Å². The minimum Gasteiger partial charge on any atom is -0.870 e. The number of carboxylic acid groups (broad SMARTS) is 2. The number of aromatic nitrogens is 6. The van der Waals surface area contributed by atoms with E-state index in [0.717, 1.165) is 156 Å². The predicted molar refractivity (Wildman–Crippen MR) is 463 cm³/mol. The summed E-state index contributed by atoms with van der Waals surface area (Å²) < 4.78 is 44.0. The molecule has 18 atom stereocenters. The van der Waals surface area contributed by atoms with Gasteiger partial charge in [0.15, 0.2) is 23.7 Å². The maximum absolute atomic E-state index is 13.2. The summed E-state index contributed by atoms with van der Waals surface area (Å²) in [4.78, 5) is 100. The number of aliphatic carboxylic acids is 1. The average molecular weight is 1830 g/mol. The first-order chi connectivity index (χ1) is 59.6. The molecule has 22 rings (SSSR count). The Hall–Kier alpha value is -8.56. The van der Waals surface area contributed by atoms with Gasteiger partial charge in [-0.25, -0.2) is 14.4 Å². The first-order valence-corrected chi connectivity index (χ1v) is 45.5. The third-order valence-corrected chi connectivity index (χ3v) is 28.5. The molecule has 3 amide bonds. The Bertz CT molecular complexity index is 5090. The first-order valence-electron chi connectivity index (χ1n) is 44.0. The SMILES string of the molecule is CC(=O)OCC(=O)N1CCNCC1.CCOC(=O)c1nn(CC(=O)N2CCC(Oc3ccccc3Cl)C3CC32)c2c1[C@@H]1C[C@@H]1C2.CCOC(=O)c1nn(CC(=O)O)c2c1[C@@H]1C[C@@H]1C2.Cl.Clc1ccccc1OC1CCCC2CC21.Clc1ccccc1OC1CCCC2CC21.O=C(O)c1nn(CC(=O)N2CCC(Oc3ccccc3Cl)C3CC32)c2c1[C@@H]1C[C@@H]1C2.[Li+].[OH-]. The van der Waals surface area contributed by atoms with E-state index >= 15 is 0 Å². The Morgan fingerprint density at radius 2 is 0.794 bits per heavy atom. The molecule has 12 fully saturated rings. The molecule has 0 radical (unpaired) electrons. The van der Waals surface area contributed by atoms with Crippen LogP contribution in [0.2, 0.25) is 20.1 Å². The quantitative estimate of drug-likeness (QED) is 0.0342. The van der Waals surface area contributed by atoms with E-state index < -0.39 is 23.9 Å². The summed E-state index contributed by atoms with van der Waals surface area (Å²) in [7, 11) is 0. The minimum absolute atomic E-state index is 0. The van der Waals surface area contributed by atoms with Crippen molar-refractivity contribution in [2.24, 2.45) is 53.3 Å². The molecule has 0 bridgehead atoms. The van der Waals surface area contributed by atoms with E-state index in [9.17, 15) is 43.5 Å². The summed E-state index contributed by atoms with van der Waals surface area (Å²) in [5.41, 5.74) is 6.60. The summed E-state index contributed by atoms with van der Waals surface area (Å²) in [6.45, 7) is 9.74. The maximum Gasteiger partial charge on any atom is 1.00 e. The molecule has 6 heterocycles. The normalized spacial score (nSPS) is 27.6. The minimum atomic E-state index is -0.996. The number of hydrogen-bond acceptors (Lipinski definition) is 20. The van der Waals surface area contributed by atoms with Gasteiger partial charge in [-0.2, -0.15) is 15.3 Å². The first kappa shape index (κ1) is 93.6. The van der Waals surface area contributed by atoms with Crippen LogP contribution in [0.5, 0.6) is 23.0 Å². The fraction of sp³-hybridized carbons (Fsp3) is 0.554. The molecule has 3 saturated heterocycles. The summed E-state index contributed by atoms with van der Waals surface area (Å²) in [6.07, 6.45) is 20.8. The molecule has 7 aromatic rings. The molecule has 126 heavy (non-hydrogen) atoms. The number of carbonyl (C=O) groups is 8. The number of esters is 3. The second-order valence-electron chi connectivity index (χ2n) is 35.3. The summed E-state index contributed by atoms with van der Waals surface area (Å²) in [5, 5.41) is 37.1. The van der Waals surface area contributed by atoms with Crippen LogP contribution in [-0.4, -0.2) is 203 Å². The number of fused-ring (bicyclic) bond motifs is 13. The van der Waals surface area contributed by atoms with E-state index in [1.807, 2.05) is 107 Å². The van der Waals surface area contributed by atoms with Crippen molar-refractivity contribution in [1.82, 2.24) is 49.4 Å². The second kappa shape index (κ2) is 40.6. The van der Waals surface area contributed by atoms with Crippen LogP contribution in [0.1, 0.15) is 200 Å². The van der Waals surface area contributed by atoms with Crippen LogP contribution in [0, 0.1) is 53.3 Å². The fourth-order valence-electron chi connectivity index (χ4n) is 20.5. The molecule has 4 aromatic carbocycles. The van der Waals surface area contributed by atoms with Crippen molar-refractivity contribution < 1.29 is 106 Å². The number of piperidine rings is 2. The monoisotopic (exact) mass is 1820 g/mol. The van der Waals surface area contributed by atoms with Gasteiger partial charge in [-0.15, -0.1) is 12.4 Å². The molecule has 34 heteroatoms. The number of nitrogens with one attached hydrogen (secondary N) is 1. The second-order valence-corrected chi connectivity index (χ2v) is 36.9. The molecular formula is C92H108Cl5LiN10O18. The predicted octanol–water partition coefficient (Wildman–Crippen LogP) is 11.3. The summed E-state index contributed by atoms with van der Waals surface area (Å²) >= 11 is 24.6. The van der Waals surface area contributed by atoms with Crippen molar-refractivity contribution in [1.29, 1.82) is 0 Å². The van der Waals surface area contributed by atoms with Crippen LogP contribution in [0.4, 0.5) is 0 Å². The third-order valence-electron chi connectivity index (χ3n) is 27.2. The van der Waals surface area contributed by atoms with Gasteiger partial charge in [-0.1, -0.05) is 94.9 Å². The van der Waals surface area contributed by atoms with Crippen LogP contribution in [0.15, 0.2) is 97.1 Å². The third kappa shape index (κ3) is 21.3. The van der Waals surface area contributed by atoms with Gasteiger partial charge in [0, 0.05) is 117 Å². The van der Waals surface area contributed by atoms with Gasteiger partial charge < -0.3 is 68.9 Å². The largest absolute Gasteiger partial charge is 1.00 e. The van der Waals surface area contributed by atoms with Crippen LogP contribution >= 0.6 is 58.8 Å². The summed E-state index contributed by atoms with van der Waals surface area (Å²) in [6, 6.07) is 31.0. The molecule has 0 spiro atoms. The van der Waals surface area contributed by atoms with Crippen molar-refractivity contribution in [3.63, 3.8) is 0 Å². The Kier molecular flexibility index (Phi) is 30.2. The number of nitrogens with zero attached hydrogens (tertiary/aromatic N) is 9. The summed E-state index contributed by atoms with van der Waals surface area (Å²) in [5.74, 6) is 6.97. The average Bonchev–Trinajstić information content (AvgIpc) is 1.56. The van der Waals surface area contributed by atoms with E-state index in [0.29, 0.717) is 132 Å². The molecule has 3 aromatic heterocycles. The van der Waals surface area contributed by atoms with Crippen LogP contribution in [0.25, 0.3) is 0 Å².